The third kappa shape index (κ3) is 4.58. The highest BCUT2D eigenvalue weighted by molar-refractivity contribution is 7.09. The molecule has 0 aromatic carbocycles. The quantitative estimate of drug-likeness (QED) is 0.551. The molecule has 0 saturated heterocycles. The summed E-state index contributed by atoms with van der Waals surface area (Å²) in [7, 11) is 0. The van der Waals surface area contributed by atoms with E-state index in [1.165, 1.54) is 0 Å². The molecule has 132 valence electrons. The first-order chi connectivity index (χ1) is 11.3. The third-order valence-corrected chi connectivity index (χ3v) is 4.71. The second-order valence-corrected chi connectivity index (χ2v) is 6.95. The smallest absolute Gasteiger partial charge is 0.191 e. The summed E-state index contributed by atoms with van der Waals surface area (Å²) in [6.07, 6.45) is 0. The highest BCUT2D eigenvalue weighted by Gasteiger charge is 2.27. The van der Waals surface area contributed by atoms with E-state index in [4.69, 9.17) is 4.42 Å². The maximum absolute atomic E-state index is 10.8. The van der Waals surface area contributed by atoms with Crippen molar-refractivity contribution < 1.29 is 9.52 Å². The number of hydrogen-bond acceptors (Lipinski definition) is 5. The van der Waals surface area contributed by atoms with Gasteiger partial charge in [-0.05, 0) is 40.7 Å². The summed E-state index contributed by atoms with van der Waals surface area (Å²) in [6.45, 7) is 11.2. The number of guanidine groups is 1. The van der Waals surface area contributed by atoms with Crippen LogP contribution < -0.4 is 10.6 Å². The molecule has 0 amide bonds. The molecule has 0 radical (unpaired) electrons. The summed E-state index contributed by atoms with van der Waals surface area (Å²) < 4.78 is 5.53. The lowest BCUT2D eigenvalue weighted by Crippen LogP contribution is -2.44. The standard InChI is InChI=1S/C17H26N4O2S/c1-6-18-16(19-8-15-12(3)21-10-24-15)20-9-17(5,22)14-7-11(2)23-13(14)4/h7,10,22H,6,8-9H2,1-5H3,(H2,18,19,20). The molecule has 0 saturated carbocycles. The third-order valence-electron chi connectivity index (χ3n) is 3.79. The summed E-state index contributed by atoms with van der Waals surface area (Å²) in [5.41, 5.74) is 2.59. The van der Waals surface area contributed by atoms with E-state index in [0.717, 1.165) is 34.2 Å². The van der Waals surface area contributed by atoms with E-state index >= 15 is 0 Å². The van der Waals surface area contributed by atoms with E-state index < -0.39 is 5.60 Å². The van der Waals surface area contributed by atoms with Gasteiger partial charge < -0.3 is 20.2 Å². The van der Waals surface area contributed by atoms with Crippen molar-refractivity contribution >= 4 is 17.3 Å². The Morgan fingerprint density at radius 3 is 2.67 bits per heavy atom. The molecule has 0 aliphatic rings. The number of hydrogen-bond donors (Lipinski definition) is 3. The highest BCUT2D eigenvalue weighted by atomic mass is 32.1. The molecular formula is C17H26N4O2S. The second-order valence-electron chi connectivity index (χ2n) is 6.01. The second kappa shape index (κ2) is 7.81. The summed E-state index contributed by atoms with van der Waals surface area (Å²) in [5.74, 6) is 2.20. The van der Waals surface area contributed by atoms with Crippen LogP contribution in [0.3, 0.4) is 0 Å². The van der Waals surface area contributed by atoms with Crippen LogP contribution in [-0.4, -0.2) is 29.1 Å². The van der Waals surface area contributed by atoms with Gasteiger partial charge in [-0.1, -0.05) is 0 Å². The monoisotopic (exact) mass is 350 g/mol. The van der Waals surface area contributed by atoms with Crippen LogP contribution in [0.4, 0.5) is 0 Å². The maximum Gasteiger partial charge on any atom is 0.191 e. The van der Waals surface area contributed by atoms with Gasteiger partial charge in [0.1, 0.15) is 17.1 Å². The van der Waals surface area contributed by atoms with E-state index in [9.17, 15) is 5.11 Å². The predicted octanol–water partition coefficient (Wildman–Crippen LogP) is 2.62. The van der Waals surface area contributed by atoms with Crippen molar-refractivity contribution in [3.8, 4) is 0 Å². The minimum Gasteiger partial charge on any atom is -0.466 e. The summed E-state index contributed by atoms with van der Waals surface area (Å²) in [5, 5.41) is 17.2. The Balaban J connectivity index is 2.05. The van der Waals surface area contributed by atoms with Crippen LogP contribution in [0, 0.1) is 20.8 Å². The Kier molecular flexibility index (Phi) is 6.01. The largest absolute Gasteiger partial charge is 0.466 e. The minimum atomic E-state index is -1.04. The van der Waals surface area contributed by atoms with E-state index in [-0.39, 0.29) is 0 Å². The molecule has 1 unspecified atom stereocenters. The number of nitrogens with one attached hydrogen (secondary N) is 2. The molecule has 0 spiro atoms. The fraction of sp³-hybridized carbons (Fsp3) is 0.529. The lowest BCUT2D eigenvalue weighted by Gasteiger charge is -2.24. The molecule has 24 heavy (non-hydrogen) atoms. The van der Waals surface area contributed by atoms with E-state index in [0.29, 0.717) is 19.0 Å². The average Bonchev–Trinajstić information content (AvgIpc) is 3.07. The Morgan fingerprint density at radius 1 is 1.38 bits per heavy atom. The maximum atomic E-state index is 10.8. The van der Waals surface area contributed by atoms with Gasteiger partial charge in [0.15, 0.2) is 5.96 Å². The number of furan rings is 1. The lowest BCUT2D eigenvalue weighted by molar-refractivity contribution is 0.0601. The Bertz CT molecular complexity index is 703. The summed E-state index contributed by atoms with van der Waals surface area (Å²) in [6, 6.07) is 1.88. The number of nitrogens with zero attached hydrogens (tertiary/aromatic N) is 2. The van der Waals surface area contributed by atoms with Crippen molar-refractivity contribution in [1.82, 2.24) is 15.6 Å². The molecule has 6 nitrogen and oxygen atoms in total. The fourth-order valence-corrected chi connectivity index (χ4v) is 3.19. The zero-order valence-electron chi connectivity index (χ0n) is 14.9. The highest BCUT2D eigenvalue weighted by Crippen LogP contribution is 2.26. The van der Waals surface area contributed by atoms with Crippen molar-refractivity contribution in [3.63, 3.8) is 0 Å². The van der Waals surface area contributed by atoms with Gasteiger partial charge in [0, 0.05) is 17.0 Å². The first kappa shape index (κ1) is 18.5. The molecule has 2 rings (SSSR count). The molecule has 2 aromatic rings. The molecule has 2 aromatic heterocycles. The number of aliphatic hydroxyl groups is 1. The van der Waals surface area contributed by atoms with Crippen LogP contribution in [0.1, 0.15) is 41.5 Å². The van der Waals surface area contributed by atoms with Crippen LogP contribution in [0.5, 0.6) is 0 Å². The first-order valence-corrected chi connectivity index (χ1v) is 8.92. The number of aliphatic imine (C=N–C) groups is 1. The van der Waals surface area contributed by atoms with Gasteiger partial charge in [-0.25, -0.2) is 9.98 Å². The van der Waals surface area contributed by atoms with Gasteiger partial charge in [0.05, 0.1) is 24.3 Å². The zero-order chi connectivity index (χ0) is 17.7. The van der Waals surface area contributed by atoms with Crippen LogP contribution in [0.15, 0.2) is 21.0 Å². The topological polar surface area (TPSA) is 82.7 Å². The van der Waals surface area contributed by atoms with Gasteiger partial charge in [0.25, 0.3) is 0 Å². The van der Waals surface area contributed by atoms with Crippen molar-refractivity contribution in [1.29, 1.82) is 0 Å². The number of aryl methyl sites for hydroxylation is 3. The Morgan fingerprint density at radius 2 is 2.12 bits per heavy atom. The molecule has 3 N–H and O–H groups in total. The first-order valence-electron chi connectivity index (χ1n) is 8.04. The normalized spacial score (nSPS) is 14.5. The molecule has 0 fully saturated rings. The molecular weight excluding hydrogens is 324 g/mol. The molecule has 7 heteroatoms. The van der Waals surface area contributed by atoms with Crippen molar-refractivity contribution in [3.05, 3.63) is 39.2 Å². The summed E-state index contributed by atoms with van der Waals surface area (Å²) in [4.78, 5) is 9.95. The number of aromatic nitrogens is 1. The summed E-state index contributed by atoms with van der Waals surface area (Å²) >= 11 is 1.60. The van der Waals surface area contributed by atoms with Crippen molar-refractivity contribution in [2.24, 2.45) is 4.99 Å². The average molecular weight is 350 g/mol. The lowest BCUT2D eigenvalue weighted by atomic mass is 9.96. The van der Waals surface area contributed by atoms with Gasteiger partial charge in [-0.15, -0.1) is 11.3 Å². The minimum absolute atomic E-state index is 0.334. The molecule has 0 bridgehead atoms. The van der Waals surface area contributed by atoms with Crippen LogP contribution in [-0.2, 0) is 12.1 Å². The van der Waals surface area contributed by atoms with E-state index in [1.807, 2.05) is 39.3 Å². The molecule has 0 aliphatic carbocycles. The van der Waals surface area contributed by atoms with Gasteiger partial charge in [-0.3, -0.25) is 0 Å². The fourth-order valence-electron chi connectivity index (χ4n) is 2.49. The molecule has 2 heterocycles. The zero-order valence-corrected chi connectivity index (χ0v) is 15.8. The predicted molar refractivity (Wildman–Crippen MR) is 97.4 cm³/mol. The van der Waals surface area contributed by atoms with Gasteiger partial charge in [-0.2, -0.15) is 0 Å². The molecule has 1 atom stereocenters. The Labute approximate surface area is 147 Å². The van der Waals surface area contributed by atoms with Crippen LogP contribution >= 0.6 is 11.3 Å². The van der Waals surface area contributed by atoms with Gasteiger partial charge >= 0.3 is 0 Å². The van der Waals surface area contributed by atoms with E-state index in [1.54, 1.807) is 18.3 Å². The number of thiazole rings is 1. The van der Waals surface area contributed by atoms with Crippen molar-refractivity contribution in [2.75, 3.05) is 13.1 Å². The number of rotatable bonds is 6. The van der Waals surface area contributed by atoms with Crippen LogP contribution in [0.2, 0.25) is 0 Å². The van der Waals surface area contributed by atoms with Crippen molar-refractivity contribution in [2.45, 2.75) is 46.8 Å². The van der Waals surface area contributed by atoms with Gasteiger partial charge in [0.2, 0.25) is 0 Å². The SMILES string of the molecule is CCNC(=NCc1scnc1C)NCC(C)(O)c1cc(C)oc1C. The van der Waals surface area contributed by atoms with E-state index in [2.05, 4.69) is 20.6 Å². The Hall–Kier alpha value is -1.86. The molecule has 0 aliphatic heterocycles. The van der Waals surface area contributed by atoms with Crippen LogP contribution in [0.25, 0.3) is 0 Å².